The monoisotopic (exact) mass is 254 g/mol. The number of rotatable bonds is 3. The first-order chi connectivity index (χ1) is 8.51. The molecule has 2 aliphatic rings. The highest BCUT2D eigenvalue weighted by molar-refractivity contribution is 5.76. The molecule has 102 valence electrons. The van der Waals surface area contributed by atoms with Crippen molar-refractivity contribution < 1.29 is 14.7 Å². The largest absolute Gasteiger partial charge is 0.481 e. The van der Waals surface area contributed by atoms with Crippen molar-refractivity contribution in [3.63, 3.8) is 0 Å². The molecule has 5 heteroatoms. The Morgan fingerprint density at radius 3 is 2.39 bits per heavy atom. The van der Waals surface area contributed by atoms with Crippen LogP contribution in [0.1, 0.15) is 39.0 Å². The number of hydrogen-bond acceptors (Lipinski definition) is 2. The number of piperidine rings is 1. The van der Waals surface area contributed by atoms with Crippen molar-refractivity contribution >= 4 is 12.0 Å². The van der Waals surface area contributed by atoms with Gasteiger partial charge in [0, 0.05) is 19.6 Å². The molecule has 1 heterocycles. The second-order valence-electron chi connectivity index (χ2n) is 5.84. The summed E-state index contributed by atoms with van der Waals surface area (Å²) in [6, 6.07) is -0.0330. The van der Waals surface area contributed by atoms with E-state index in [0.29, 0.717) is 31.8 Å². The average Bonchev–Trinajstić information content (AvgIpc) is 2.27. The van der Waals surface area contributed by atoms with Crippen LogP contribution in [-0.4, -0.2) is 41.6 Å². The van der Waals surface area contributed by atoms with Crippen LogP contribution in [0.2, 0.25) is 0 Å². The molecular weight excluding hydrogens is 232 g/mol. The Bertz CT molecular complexity index is 331. The van der Waals surface area contributed by atoms with Crippen molar-refractivity contribution in [2.75, 3.05) is 19.6 Å². The number of urea groups is 1. The number of carbonyl (C=O) groups excluding carboxylic acids is 1. The van der Waals surface area contributed by atoms with Crippen LogP contribution in [-0.2, 0) is 4.79 Å². The summed E-state index contributed by atoms with van der Waals surface area (Å²) in [4.78, 5) is 24.7. The number of amides is 2. The molecule has 0 aromatic carbocycles. The number of aliphatic carboxylic acids is 1. The second kappa shape index (κ2) is 5.16. The topological polar surface area (TPSA) is 69.6 Å². The minimum atomic E-state index is -0.753. The Kier molecular flexibility index (Phi) is 3.78. The van der Waals surface area contributed by atoms with Gasteiger partial charge in [-0.25, -0.2) is 4.79 Å². The lowest BCUT2D eigenvalue weighted by Gasteiger charge is -2.37. The lowest BCUT2D eigenvalue weighted by molar-refractivity contribution is -0.150. The van der Waals surface area contributed by atoms with Crippen molar-refractivity contribution in [2.24, 2.45) is 11.3 Å². The summed E-state index contributed by atoms with van der Waals surface area (Å²) in [5.41, 5.74) is -0.662. The molecule has 0 radical (unpaired) electrons. The SMILES string of the molecule is CC1(C(=O)O)CCN(C(=O)NCC2CCC2)CC1. The van der Waals surface area contributed by atoms with Crippen molar-refractivity contribution in [1.82, 2.24) is 10.2 Å². The van der Waals surface area contributed by atoms with Gasteiger partial charge in [0.1, 0.15) is 0 Å². The lowest BCUT2D eigenvalue weighted by atomic mass is 9.80. The van der Waals surface area contributed by atoms with E-state index in [1.54, 1.807) is 11.8 Å². The summed E-state index contributed by atoms with van der Waals surface area (Å²) in [6.07, 6.45) is 4.80. The van der Waals surface area contributed by atoms with Gasteiger partial charge in [0.15, 0.2) is 0 Å². The first kappa shape index (κ1) is 13.2. The Hall–Kier alpha value is -1.26. The fourth-order valence-electron chi connectivity index (χ4n) is 2.46. The van der Waals surface area contributed by atoms with E-state index >= 15 is 0 Å². The van der Waals surface area contributed by atoms with E-state index < -0.39 is 11.4 Å². The van der Waals surface area contributed by atoms with Gasteiger partial charge in [-0.2, -0.15) is 0 Å². The Morgan fingerprint density at radius 1 is 1.33 bits per heavy atom. The van der Waals surface area contributed by atoms with Crippen LogP contribution in [0.5, 0.6) is 0 Å². The van der Waals surface area contributed by atoms with Crippen LogP contribution in [0, 0.1) is 11.3 Å². The molecule has 0 bridgehead atoms. The predicted molar refractivity (Wildman–Crippen MR) is 67.3 cm³/mol. The van der Waals surface area contributed by atoms with Crippen molar-refractivity contribution in [3.8, 4) is 0 Å². The number of nitrogens with one attached hydrogen (secondary N) is 1. The number of hydrogen-bond donors (Lipinski definition) is 2. The average molecular weight is 254 g/mol. The summed E-state index contributed by atoms with van der Waals surface area (Å²) < 4.78 is 0. The van der Waals surface area contributed by atoms with Crippen LogP contribution >= 0.6 is 0 Å². The summed E-state index contributed by atoms with van der Waals surface area (Å²) in [6.45, 7) is 3.61. The van der Waals surface area contributed by atoms with Gasteiger partial charge in [-0.15, -0.1) is 0 Å². The molecule has 0 atom stereocenters. The van der Waals surface area contributed by atoms with Crippen molar-refractivity contribution in [2.45, 2.75) is 39.0 Å². The van der Waals surface area contributed by atoms with Crippen molar-refractivity contribution in [3.05, 3.63) is 0 Å². The number of carboxylic acids is 1. The van der Waals surface area contributed by atoms with E-state index in [2.05, 4.69) is 5.32 Å². The summed E-state index contributed by atoms with van der Waals surface area (Å²) in [7, 11) is 0. The maximum atomic E-state index is 11.9. The predicted octanol–water partition coefficient (Wildman–Crippen LogP) is 1.68. The van der Waals surface area contributed by atoms with Crippen LogP contribution in [0.4, 0.5) is 4.79 Å². The smallest absolute Gasteiger partial charge is 0.317 e. The number of nitrogens with zero attached hydrogens (tertiary/aromatic N) is 1. The molecule has 1 saturated heterocycles. The Labute approximate surface area is 108 Å². The molecule has 0 spiro atoms. The first-order valence-electron chi connectivity index (χ1n) is 6.77. The Balaban J connectivity index is 1.74. The van der Waals surface area contributed by atoms with E-state index in [9.17, 15) is 9.59 Å². The zero-order valence-electron chi connectivity index (χ0n) is 10.9. The molecule has 2 fully saturated rings. The van der Waals surface area contributed by atoms with Gasteiger partial charge < -0.3 is 15.3 Å². The summed E-state index contributed by atoms with van der Waals surface area (Å²) in [5.74, 6) is -0.0972. The molecular formula is C13H22N2O3. The standard InChI is InChI=1S/C13H22N2O3/c1-13(11(16)17)5-7-15(8-6-13)12(18)14-9-10-3-2-4-10/h10H,2-9H2,1H3,(H,14,18)(H,16,17). The molecule has 2 amide bonds. The number of carbonyl (C=O) groups is 2. The summed E-state index contributed by atoms with van der Waals surface area (Å²) in [5, 5.41) is 12.1. The highest BCUT2D eigenvalue weighted by Gasteiger charge is 2.38. The second-order valence-corrected chi connectivity index (χ2v) is 5.84. The minimum Gasteiger partial charge on any atom is -0.481 e. The molecule has 1 aliphatic carbocycles. The third-order valence-corrected chi connectivity index (χ3v) is 4.44. The van der Waals surface area contributed by atoms with E-state index in [1.807, 2.05) is 0 Å². The molecule has 0 unspecified atom stereocenters. The van der Waals surface area contributed by atoms with Crippen LogP contribution < -0.4 is 5.32 Å². The molecule has 2 N–H and O–H groups in total. The first-order valence-corrected chi connectivity index (χ1v) is 6.77. The van der Waals surface area contributed by atoms with E-state index in [0.717, 1.165) is 6.54 Å². The molecule has 0 aromatic heterocycles. The van der Waals surface area contributed by atoms with Crippen molar-refractivity contribution in [1.29, 1.82) is 0 Å². The fraction of sp³-hybridized carbons (Fsp3) is 0.846. The lowest BCUT2D eigenvalue weighted by Crippen LogP contribution is -2.49. The number of carboxylic acid groups (broad SMARTS) is 1. The van der Waals surface area contributed by atoms with E-state index in [-0.39, 0.29) is 6.03 Å². The highest BCUT2D eigenvalue weighted by Crippen LogP contribution is 2.31. The third-order valence-electron chi connectivity index (χ3n) is 4.44. The van der Waals surface area contributed by atoms with Gasteiger partial charge >= 0.3 is 12.0 Å². The maximum Gasteiger partial charge on any atom is 0.317 e. The normalized spacial score (nSPS) is 23.3. The van der Waals surface area contributed by atoms with Gasteiger partial charge in [-0.1, -0.05) is 6.42 Å². The molecule has 1 saturated carbocycles. The zero-order valence-corrected chi connectivity index (χ0v) is 10.9. The van der Waals surface area contributed by atoms with Crippen LogP contribution in [0.15, 0.2) is 0 Å². The van der Waals surface area contributed by atoms with Crippen LogP contribution in [0.3, 0.4) is 0 Å². The third kappa shape index (κ3) is 2.76. The van der Waals surface area contributed by atoms with Crippen LogP contribution in [0.25, 0.3) is 0 Å². The quantitative estimate of drug-likeness (QED) is 0.805. The highest BCUT2D eigenvalue weighted by atomic mass is 16.4. The zero-order chi connectivity index (χ0) is 13.2. The van der Waals surface area contributed by atoms with Gasteiger partial charge in [-0.05, 0) is 38.5 Å². The number of likely N-dealkylation sites (tertiary alicyclic amines) is 1. The van der Waals surface area contributed by atoms with E-state index in [4.69, 9.17) is 5.11 Å². The molecule has 1 aliphatic heterocycles. The van der Waals surface area contributed by atoms with Gasteiger partial charge in [-0.3, -0.25) is 4.79 Å². The van der Waals surface area contributed by atoms with Gasteiger partial charge in [0.05, 0.1) is 5.41 Å². The molecule has 2 rings (SSSR count). The maximum absolute atomic E-state index is 11.9. The minimum absolute atomic E-state index is 0.0330. The van der Waals surface area contributed by atoms with Gasteiger partial charge in [0.25, 0.3) is 0 Å². The van der Waals surface area contributed by atoms with Gasteiger partial charge in [0.2, 0.25) is 0 Å². The summed E-state index contributed by atoms with van der Waals surface area (Å²) >= 11 is 0. The van der Waals surface area contributed by atoms with E-state index in [1.165, 1.54) is 19.3 Å². The fourth-order valence-corrected chi connectivity index (χ4v) is 2.46. The molecule has 18 heavy (non-hydrogen) atoms. The Morgan fingerprint density at radius 2 is 1.94 bits per heavy atom. The molecule has 0 aromatic rings. The molecule has 5 nitrogen and oxygen atoms in total.